The minimum absolute atomic E-state index is 0.0521. The van der Waals surface area contributed by atoms with Crippen molar-refractivity contribution >= 4 is 11.9 Å². The lowest BCUT2D eigenvalue weighted by Crippen LogP contribution is -2.33. The molecule has 3 N–H and O–H groups in total. The van der Waals surface area contributed by atoms with Crippen LogP contribution in [-0.2, 0) is 33.3 Å². The van der Waals surface area contributed by atoms with Crippen LogP contribution in [0.25, 0.3) is 0 Å². The second-order valence-corrected chi connectivity index (χ2v) is 16.9. The Bertz CT molecular complexity index is 787. The highest BCUT2D eigenvalue weighted by Gasteiger charge is 2.17. The van der Waals surface area contributed by atoms with E-state index in [-0.39, 0.29) is 33.2 Å². The van der Waals surface area contributed by atoms with E-state index in [9.17, 15) is 9.59 Å². The zero-order valence-corrected chi connectivity index (χ0v) is 39.6. The Kier molecular flexibility index (Phi) is 55.5. The highest BCUT2D eigenvalue weighted by Crippen LogP contribution is 2.14. The molecule has 0 aromatic heterocycles. The van der Waals surface area contributed by atoms with Gasteiger partial charge in [-0.1, -0.05) is 233 Å². The number of hydrogen-bond acceptors (Lipinski definition) is 9. The Morgan fingerprint density at radius 1 is 0.407 bits per heavy atom. The van der Waals surface area contributed by atoms with Gasteiger partial charge in [0, 0.05) is 13.0 Å². The van der Waals surface area contributed by atoms with Crippen LogP contribution in [0, 0.1) is 0 Å². The summed E-state index contributed by atoms with van der Waals surface area (Å²) in [5, 5.41) is 8.42. The topological polar surface area (TPSA) is 127 Å². The molecule has 0 saturated heterocycles. The standard InChI is InChI=1S/C35H69NO6.C15H32O2/c1-3-5-7-9-11-13-15-17-19-21-23-25-29-39-31-41-34(37)28-27-33(36)35(38)42-32-40-30-26-24-22-20-18-16-14-12-10-8-6-4-2;1-2-3-4-5-6-7-8-9-10-11-12-13-14-17-15-16/h33H,3-32,36H2,1-2H3;16H,2-15H2,1H3. The predicted octanol–water partition coefficient (Wildman–Crippen LogP) is 14.2. The number of hydrogen-bond donors (Lipinski definition) is 2. The van der Waals surface area contributed by atoms with Crippen LogP contribution in [-0.4, -0.2) is 63.3 Å². The van der Waals surface area contributed by atoms with Crippen LogP contribution in [0.4, 0.5) is 0 Å². The molecule has 0 bridgehead atoms. The molecule has 1 atom stereocenters. The summed E-state index contributed by atoms with van der Waals surface area (Å²) in [6.07, 6.45) is 47.6. The molecular formula is C50H101NO8. The fourth-order valence-electron chi connectivity index (χ4n) is 7.10. The van der Waals surface area contributed by atoms with Crippen molar-refractivity contribution < 1.29 is 38.4 Å². The molecule has 0 fully saturated rings. The number of aliphatic hydroxyl groups excluding tert-OH is 1. The number of carbonyl (C=O) groups excluding carboxylic acids is 2. The van der Waals surface area contributed by atoms with Crippen LogP contribution >= 0.6 is 0 Å². The maximum Gasteiger partial charge on any atom is 0.325 e. The van der Waals surface area contributed by atoms with Gasteiger partial charge in [-0.2, -0.15) is 0 Å². The number of aliphatic hydroxyl groups is 1. The molecule has 0 heterocycles. The normalized spacial score (nSPS) is 11.7. The third kappa shape index (κ3) is 54.7. The van der Waals surface area contributed by atoms with Crippen LogP contribution in [0.3, 0.4) is 0 Å². The van der Waals surface area contributed by atoms with Crippen molar-refractivity contribution in [1.29, 1.82) is 0 Å². The minimum Gasteiger partial charge on any atom is -0.438 e. The zero-order valence-electron chi connectivity index (χ0n) is 39.6. The van der Waals surface area contributed by atoms with E-state index in [1.54, 1.807) is 0 Å². The van der Waals surface area contributed by atoms with Crippen molar-refractivity contribution in [2.75, 3.05) is 40.2 Å². The largest absolute Gasteiger partial charge is 0.438 e. The third-order valence-corrected chi connectivity index (χ3v) is 11.1. The van der Waals surface area contributed by atoms with Crippen molar-refractivity contribution in [1.82, 2.24) is 0 Å². The van der Waals surface area contributed by atoms with Crippen LogP contribution in [0.15, 0.2) is 0 Å². The number of rotatable bonds is 48. The molecule has 0 rings (SSSR count). The molecule has 0 radical (unpaired) electrons. The number of nitrogens with two attached hydrogens (primary N) is 1. The van der Waals surface area contributed by atoms with Crippen LogP contribution in [0.2, 0.25) is 0 Å². The molecule has 1 unspecified atom stereocenters. The van der Waals surface area contributed by atoms with Gasteiger partial charge in [-0.3, -0.25) is 9.59 Å². The monoisotopic (exact) mass is 844 g/mol. The molecular weight excluding hydrogens is 743 g/mol. The smallest absolute Gasteiger partial charge is 0.325 e. The van der Waals surface area contributed by atoms with Gasteiger partial charge in [0.05, 0.1) is 13.2 Å². The number of ether oxygens (including phenoxy) is 5. The highest BCUT2D eigenvalue weighted by atomic mass is 16.7. The Morgan fingerprint density at radius 2 is 0.678 bits per heavy atom. The summed E-state index contributed by atoms with van der Waals surface area (Å²) in [4.78, 5) is 23.9. The van der Waals surface area contributed by atoms with Crippen LogP contribution in [0.1, 0.15) is 265 Å². The van der Waals surface area contributed by atoms with E-state index < -0.39 is 18.0 Å². The van der Waals surface area contributed by atoms with Gasteiger partial charge in [-0.15, -0.1) is 0 Å². The number of carbonyl (C=O) groups is 2. The van der Waals surface area contributed by atoms with Gasteiger partial charge >= 0.3 is 11.9 Å². The first kappa shape index (κ1) is 59.8. The lowest BCUT2D eigenvalue weighted by atomic mass is 10.1. The summed E-state index contributed by atoms with van der Waals surface area (Å²) in [6, 6.07) is -0.866. The maximum absolute atomic E-state index is 12.0. The van der Waals surface area contributed by atoms with E-state index in [4.69, 9.17) is 34.5 Å². The highest BCUT2D eigenvalue weighted by molar-refractivity contribution is 5.77. The SMILES string of the molecule is CCCCCCCCCCCCCCOCO.CCCCCCCCCCCCCCOCOC(=O)CCC(N)C(=O)OCOCCCCCCCCCCCCCC. The lowest BCUT2D eigenvalue weighted by Gasteiger charge is -2.12. The molecule has 59 heavy (non-hydrogen) atoms. The summed E-state index contributed by atoms with van der Waals surface area (Å²) in [5.74, 6) is -0.975. The Balaban J connectivity index is 0. The third-order valence-electron chi connectivity index (χ3n) is 11.1. The fourth-order valence-corrected chi connectivity index (χ4v) is 7.10. The summed E-state index contributed by atoms with van der Waals surface area (Å²) in [6.45, 7) is 8.40. The van der Waals surface area contributed by atoms with Gasteiger partial charge in [-0.05, 0) is 25.7 Å². The van der Waals surface area contributed by atoms with Crippen LogP contribution < -0.4 is 5.73 Å². The molecule has 0 aliphatic heterocycles. The first-order valence-corrected chi connectivity index (χ1v) is 25.4. The maximum atomic E-state index is 12.0. The molecule has 9 heteroatoms. The Morgan fingerprint density at radius 3 is 0.983 bits per heavy atom. The minimum atomic E-state index is -0.866. The lowest BCUT2D eigenvalue weighted by molar-refractivity contribution is -0.159. The first-order valence-electron chi connectivity index (χ1n) is 25.4. The second-order valence-electron chi connectivity index (χ2n) is 16.9. The molecule has 0 saturated carbocycles. The number of esters is 2. The van der Waals surface area contributed by atoms with Gasteiger partial charge in [0.2, 0.25) is 0 Å². The molecule has 0 aliphatic carbocycles. The fraction of sp³-hybridized carbons (Fsp3) is 0.960. The van der Waals surface area contributed by atoms with Gasteiger partial charge in [0.15, 0.2) is 13.6 Å². The summed E-state index contributed by atoms with van der Waals surface area (Å²) >= 11 is 0. The molecule has 0 aromatic rings. The molecule has 0 spiro atoms. The van der Waals surface area contributed by atoms with E-state index in [1.807, 2.05) is 0 Å². The van der Waals surface area contributed by atoms with E-state index in [0.717, 1.165) is 32.1 Å². The van der Waals surface area contributed by atoms with Crippen molar-refractivity contribution in [2.45, 2.75) is 271 Å². The van der Waals surface area contributed by atoms with Crippen molar-refractivity contribution in [3.63, 3.8) is 0 Å². The average Bonchev–Trinajstić information content (AvgIpc) is 3.24. The predicted molar refractivity (Wildman–Crippen MR) is 247 cm³/mol. The summed E-state index contributed by atoms with van der Waals surface area (Å²) in [5.41, 5.74) is 5.84. The molecule has 0 aliphatic rings. The van der Waals surface area contributed by atoms with Crippen molar-refractivity contribution in [3.05, 3.63) is 0 Å². The van der Waals surface area contributed by atoms with E-state index >= 15 is 0 Å². The summed E-state index contributed by atoms with van der Waals surface area (Å²) in [7, 11) is 0. The van der Waals surface area contributed by atoms with Gasteiger partial charge in [0.25, 0.3) is 0 Å². The van der Waals surface area contributed by atoms with Crippen molar-refractivity contribution in [3.8, 4) is 0 Å². The Hall–Kier alpha value is -1.26. The van der Waals surface area contributed by atoms with E-state index in [2.05, 4.69) is 20.8 Å². The molecule has 354 valence electrons. The Labute approximate surface area is 366 Å². The van der Waals surface area contributed by atoms with Crippen LogP contribution in [0.5, 0.6) is 0 Å². The van der Waals surface area contributed by atoms with Gasteiger partial charge < -0.3 is 34.5 Å². The number of unbranched alkanes of at least 4 members (excludes halogenated alkanes) is 33. The second kappa shape index (κ2) is 54.8. The molecule has 0 aromatic carbocycles. The van der Waals surface area contributed by atoms with E-state index in [0.29, 0.717) is 19.8 Å². The zero-order chi connectivity index (χ0) is 43.4. The first-order chi connectivity index (χ1) is 29.0. The quantitative estimate of drug-likeness (QED) is 0.0350. The summed E-state index contributed by atoms with van der Waals surface area (Å²) < 4.78 is 25.8. The van der Waals surface area contributed by atoms with Crippen molar-refractivity contribution in [2.24, 2.45) is 5.73 Å². The van der Waals surface area contributed by atoms with Gasteiger partial charge in [-0.25, -0.2) is 0 Å². The van der Waals surface area contributed by atoms with Gasteiger partial charge in [0.1, 0.15) is 12.8 Å². The van der Waals surface area contributed by atoms with E-state index in [1.165, 1.54) is 199 Å². The average molecular weight is 844 g/mol. The molecule has 9 nitrogen and oxygen atoms in total. The molecule has 0 amide bonds.